The number of carbonyl (C=O) groups is 1. The van der Waals surface area contributed by atoms with Crippen LogP contribution < -0.4 is 14.8 Å². The maximum absolute atomic E-state index is 14.1. The van der Waals surface area contributed by atoms with E-state index in [0.717, 1.165) is 11.3 Å². The molecule has 3 rings (SSSR count). The smallest absolute Gasteiger partial charge is 0.251 e. The first-order chi connectivity index (χ1) is 13.5. The number of carbonyl (C=O) groups excluding carboxylic acids is 1. The van der Waals surface area contributed by atoms with Gasteiger partial charge in [0.2, 0.25) is 0 Å². The van der Waals surface area contributed by atoms with E-state index in [1.165, 1.54) is 26.4 Å². The number of rotatable bonds is 6. The second-order valence-electron chi connectivity index (χ2n) is 6.26. The lowest BCUT2D eigenvalue weighted by Gasteiger charge is -2.10. The fraction of sp³-hybridized carbons (Fsp3) is 0.238. The minimum Gasteiger partial charge on any atom is -0.493 e. The standard InChI is InChI=1S/C21H20FN3O3/c1-12-15(19-14(11-23)4-6-16(22)20(19)25-12)8-9-24-21(26)13-5-7-17(27-2)18(10-13)28-3/h4-7,10,25H,8-9H2,1-3H3,(H,24,26). The summed E-state index contributed by atoms with van der Waals surface area (Å²) in [6, 6.07) is 9.77. The minimum atomic E-state index is -0.405. The van der Waals surface area contributed by atoms with E-state index in [1.54, 1.807) is 18.2 Å². The van der Waals surface area contributed by atoms with Gasteiger partial charge in [-0.15, -0.1) is 0 Å². The molecule has 0 atom stereocenters. The molecule has 0 spiro atoms. The zero-order valence-corrected chi connectivity index (χ0v) is 15.9. The quantitative estimate of drug-likeness (QED) is 0.684. The first kappa shape index (κ1) is 19.2. The van der Waals surface area contributed by atoms with Crippen molar-refractivity contribution in [3.8, 4) is 17.6 Å². The molecule has 7 heteroatoms. The van der Waals surface area contributed by atoms with E-state index in [4.69, 9.17) is 9.47 Å². The Bertz CT molecular complexity index is 1080. The molecule has 1 amide bonds. The van der Waals surface area contributed by atoms with Crippen LogP contribution in [0.3, 0.4) is 0 Å². The van der Waals surface area contributed by atoms with Gasteiger partial charge in [-0.25, -0.2) is 4.39 Å². The van der Waals surface area contributed by atoms with Crippen molar-refractivity contribution in [1.29, 1.82) is 5.26 Å². The van der Waals surface area contributed by atoms with Crippen LogP contribution in [-0.2, 0) is 6.42 Å². The molecule has 6 nitrogen and oxygen atoms in total. The molecule has 2 aromatic carbocycles. The maximum Gasteiger partial charge on any atom is 0.251 e. The number of methoxy groups -OCH3 is 2. The Kier molecular flexibility index (Phi) is 5.50. The largest absolute Gasteiger partial charge is 0.493 e. The molecule has 0 aliphatic heterocycles. The zero-order valence-electron chi connectivity index (χ0n) is 15.9. The Labute approximate surface area is 161 Å². The average Bonchev–Trinajstić information content (AvgIpc) is 3.05. The number of hydrogen-bond acceptors (Lipinski definition) is 4. The normalized spacial score (nSPS) is 10.5. The molecule has 0 aliphatic carbocycles. The van der Waals surface area contributed by atoms with Gasteiger partial charge >= 0.3 is 0 Å². The van der Waals surface area contributed by atoms with Gasteiger partial charge in [0.15, 0.2) is 11.5 Å². The Morgan fingerprint density at radius 2 is 1.96 bits per heavy atom. The van der Waals surface area contributed by atoms with Crippen LogP contribution in [0.2, 0.25) is 0 Å². The highest BCUT2D eigenvalue weighted by Gasteiger charge is 2.16. The highest BCUT2D eigenvalue weighted by atomic mass is 19.1. The molecule has 144 valence electrons. The number of nitrogens with zero attached hydrogens (tertiary/aromatic N) is 1. The van der Waals surface area contributed by atoms with Crippen LogP contribution in [0.25, 0.3) is 10.9 Å². The Balaban J connectivity index is 1.77. The van der Waals surface area contributed by atoms with Crippen LogP contribution in [0, 0.1) is 24.1 Å². The molecule has 0 unspecified atom stereocenters. The van der Waals surface area contributed by atoms with Crippen molar-refractivity contribution in [2.75, 3.05) is 20.8 Å². The molecule has 0 saturated carbocycles. The van der Waals surface area contributed by atoms with E-state index < -0.39 is 5.82 Å². The van der Waals surface area contributed by atoms with Crippen LogP contribution in [0.1, 0.15) is 27.2 Å². The second kappa shape index (κ2) is 8.01. The lowest BCUT2D eigenvalue weighted by molar-refractivity contribution is 0.0953. The van der Waals surface area contributed by atoms with Gasteiger partial charge in [-0.1, -0.05) is 0 Å². The van der Waals surface area contributed by atoms with Crippen molar-refractivity contribution in [2.24, 2.45) is 0 Å². The van der Waals surface area contributed by atoms with Crippen LogP contribution in [-0.4, -0.2) is 31.7 Å². The minimum absolute atomic E-state index is 0.259. The van der Waals surface area contributed by atoms with Crippen molar-refractivity contribution in [3.05, 3.63) is 58.5 Å². The topological polar surface area (TPSA) is 87.1 Å². The Morgan fingerprint density at radius 3 is 2.64 bits per heavy atom. The van der Waals surface area contributed by atoms with Crippen LogP contribution in [0.4, 0.5) is 4.39 Å². The lowest BCUT2D eigenvalue weighted by atomic mass is 10.0. The summed E-state index contributed by atoms with van der Waals surface area (Å²) in [4.78, 5) is 15.4. The zero-order chi connectivity index (χ0) is 20.3. The van der Waals surface area contributed by atoms with Gasteiger partial charge in [-0.05, 0) is 49.2 Å². The molecule has 0 saturated heterocycles. The molecule has 0 fully saturated rings. The molecular formula is C21H20FN3O3. The molecule has 0 radical (unpaired) electrons. The van der Waals surface area contributed by atoms with Gasteiger partial charge in [0.1, 0.15) is 5.82 Å². The molecule has 0 bridgehead atoms. The Morgan fingerprint density at radius 1 is 1.21 bits per heavy atom. The van der Waals surface area contributed by atoms with E-state index in [9.17, 15) is 14.4 Å². The van der Waals surface area contributed by atoms with Gasteiger partial charge < -0.3 is 19.8 Å². The number of aromatic nitrogens is 1. The van der Waals surface area contributed by atoms with Crippen molar-refractivity contribution < 1.29 is 18.7 Å². The van der Waals surface area contributed by atoms with Crippen molar-refractivity contribution in [2.45, 2.75) is 13.3 Å². The summed E-state index contributed by atoms with van der Waals surface area (Å²) in [6.07, 6.45) is 0.461. The van der Waals surface area contributed by atoms with Crippen molar-refractivity contribution in [3.63, 3.8) is 0 Å². The summed E-state index contributed by atoms with van der Waals surface area (Å²) in [5, 5.41) is 12.8. The molecule has 28 heavy (non-hydrogen) atoms. The number of aryl methyl sites for hydroxylation is 1. The number of amides is 1. The predicted molar refractivity (Wildman–Crippen MR) is 103 cm³/mol. The number of hydrogen-bond donors (Lipinski definition) is 2. The predicted octanol–water partition coefficient (Wildman–Crippen LogP) is 3.48. The second-order valence-corrected chi connectivity index (χ2v) is 6.26. The molecule has 3 aromatic rings. The number of nitrogens with one attached hydrogen (secondary N) is 2. The van der Waals surface area contributed by atoms with Gasteiger partial charge in [0.25, 0.3) is 5.91 Å². The van der Waals surface area contributed by atoms with Crippen LogP contribution in [0.5, 0.6) is 11.5 Å². The highest BCUT2D eigenvalue weighted by Crippen LogP contribution is 2.29. The van der Waals surface area contributed by atoms with E-state index in [-0.39, 0.29) is 5.91 Å². The highest BCUT2D eigenvalue weighted by molar-refractivity contribution is 5.95. The van der Waals surface area contributed by atoms with Crippen molar-refractivity contribution in [1.82, 2.24) is 10.3 Å². The molecular weight excluding hydrogens is 361 g/mol. The Hall–Kier alpha value is -3.53. The molecule has 2 N–H and O–H groups in total. The third kappa shape index (κ3) is 3.49. The summed E-state index contributed by atoms with van der Waals surface area (Å²) < 4.78 is 24.5. The third-order valence-corrected chi connectivity index (χ3v) is 4.65. The monoisotopic (exact) mass is 381 g/mol. The number of halogens is 1. The van der Waals surface area contributed by atoms with Crippen LogP contribution >= 0.6 is 0 Å². The third-order valence-electron chi connectivity index (χ3n) is 4.65. The summed E-state index contributed by atoms with van der Waals surface area (Å²) >= 11 is 0. The van der Waals surface area contributed by atoms with Crippen LogP contribution in [0.15, 0.2) is 30.3 Å². The average molecular weight is 381 g/mol. The van der Waals surface area contributed by atoms with E-state index >= 15 is 0 Å². The number of fused-ring (bicyclic) bond motifs is 1. The number of ether oxygens (including phenoxy) is 2. The molecule has 0 aliphatic rings. The number of benzene rings is 2. The van der Waals surface area contributed by atoms with Crippen molar-refractivity contribution >= 4 is 16.8 Å². The number of nitriles is 1. The number of aromatic amines is 1. The fourth-order valence-corrected chi connectivity index (χ4v) is 3.25. The van der Waals surface area contributed by atoms with Gasteiger partial charge in [0, 0.05) is 23.2 Å². The van der Waals surface area contributed by atoms with E-state index in [0.29, 0.717) is 46.5 Å². The summed E-state index contributed by atoms with van der Waals surface area (Å²) in [7, 11) is 3.03. The summed E-state index contributed by atoms with van der Waals surface area (Å²) in [5.41, 5.74) is 2.76. The molecule has 1 aromatic heterocycles. The van der Waals surface area contributed by atoms with E-state index in [1.807, 2.05) is 6.92 Å². The summed E-state index contributed by atoms with van der Waals surface area (Å²) in [6.45, 7) is 2.16. The maximum atomic E-state index is 14.1. The first-order valence-electron chi connectivity index (χ1n) is 8.70. The van der Waals surface area contributed by atoms with E-state index in [2.05, 4.69) is 16.4 Å². The first-order valence-corrected chi connectivity index (χ1v) is 8.70. The summed E-state index contributed by atoms with van der Waals surface area (Å²) in [5.74, 6) is 0.346. The SMILES string of the molecule is COc1ccc(C(=O)NCCc2c(C)[nH]c3c(F)ccc(C#N)c23)cc1OC. The van der Waals surface area contributed by atoms with Gasteiger partial charge in [-0.2, -0.15) is 5.26 Å². The number of H-pyrrole nitrogens is 1. The lowest BCUT2D eigenvalue weighted by Crippen LogP contribution is -2.25. The molecule has 1 heterocycles. The van der Waals surface area contributed by atoms with Gasteiger partial charge in [0.05, 0.1) is 31.4 Å². The van der Waals surface area contributed by atoms with Gasteiger partial charge in [-0.3, -0.25) is 4.79 Å². The fourth-order valence-electron chi connectivity index (χ4n) is 3.25.